The summed E-state index contributed by atoms with van der Waals surface area (Å²) in [6, 6.07) is 11.4. The monoisotopic (exact) mass is 372 g/mol. The third-order valence-corrected chi connectivity index (χ3v) is 3.73. The number of nitrogens with one attached hydrogen (secondary N) is 2. The molecule has 0 aliphatic heterocycles. The molecule has 2 N–H and O–H groups in total. The molecule has 1 aromatic carbocycles. The number of aromatic nitrogens is 2. The Morgan fingerprint density at radius 2 is 1.74 bits per heavy atom. The van der Waals surface area contributed by atoms with Gasteiger partial charge in [0.25, 0.3) is 5.91 Å². The fraction of sp³-hybridized carbons (Fsp3) is 0.105. The smallest absolute Gasteiger partial charge is 0.366 e. The summed E-state index contributed by atoms with van der Waals surface area (Å²) in [5.41, 5.74) is -0.0264. The van der Waals surface area contributed by atoms with Crippen LogP contribution < -0.4 is 10.6 Å². The van der Waals surface area contributed by atoms with E-state index in [0.29, 0.717) is 12.4 Å². The van der Waals surface area contributed by atoms with Crippen molar-refractivity contribution >= 4 is 17.4 Å². The molecule has 0 atom stereocenters. The van der Waals surface area contributed by atoms with Gasteiger partial charge in [-0.15, -0.1) is 0 Å². The summed E-state index contributed by atoms with van der Waals surface area (Å²) in [7, 11) is 0. The topological polar surface area (TPSA) is 66.9 Å². The van der Waals surface area contributed by atoms with E-state index in [-0.39, 0.29) is 11.3 Å². The molecule has 0 radical (unpaired) electrons. The number of rotatable bonds is 5. The van der Waals surface area contributed by atoms with E-state index in [1.165, 1.54) is 36.5 Å². The molecule has 0 saturated carbocycles. The summed E-state index contributed by atoms with van der Waals surface area (Å²) in [6.07, 6.45) is 0.178. The van der Waals surface area contributed by atoms with Crippen LogP contribution in [0.3, 0.4) is 0 Å². The van der Waals surface area contributed by atoms with Crippen molar-refractivity contribution in [3.63, 3.8) is 0 Å². The number of carbonyl (C=O) groups excluding carboxylic acids is 1. The van der Waals surface area contributed by atoms with Gasteiger partial charge in [0.1, 0.15) is 5.82 Å². The number of para-hydroxylation sites is 1. The number of nitrogens with zero attached hydrogens (tertiary/aromatic N) is 2. The van der Waals surface area contributed by atoms with Crippen LogP contribution in [0, 0.1) is 0 Å². The molecule has 2 aromatic heterocycles. The van der Waals surface area contributed by atoms with E-state index in [1.54, 1.807) is 12.4 Å². The lowest BCUT2D eigenvalue weighted by atomic mass is 10.1. The molecule has 3 rings (SSSR count). The van der Waals surface area contributed by atoms with Crippen LogP contribution in [0.25, 0.3) is 0 Å². The highest BCUT2D eigenvalue weighted by atomic mass is 19.4. The zero-order valence-corrected chi connectivity index (χ0v) is 14.0. The molecule has 1 amide bonds. The summed E-state index contributed by atoms with van der Waals surface area (Å²) in [4.78, 5) is 20.4. The summed E-state index contributed by atoms with van der Waals surface area (Å²) in [5.74, 6) is -0.218. The van der Waals surface area contributed by atoms with E-state index < -0.39 is 17.6 Å². The highest BCUT2D eigenvalue weighted by Gasteiger charge is 2.33. The number of carbonyl (C=O) groups is 1. The molecular weight excluding hydrogens is 357 g/mol. The lowest BCUT2D eigenvalue weighted by Crippen LogP contribution is -2.17. The van der Waals surface area contributed by atoms with E-state index in [9.17, 15) is 18.0 Å². The first-order valence-electron chi connectivity index (χ1n) is 8.00. The Hall–Kier alpha value is -3.42. The van der Waals surface area contributed by atoms with Gasteiger partial charge in [-0.1, -0.05) is 12.1 Å². The molecule has 2 heterocycles. The van der Waals surface area contributed by atoms with Crippen LogP contribution in [0.5, 0.6) is 0 Å². The van der Waals surface area contributed by atoms with E-state index in [4.69, 9.17) is 0 Å². The lowest BCUT2D eigenvalue weighted by molar-refractivity contribution is -0.136. The van der Waals surface area contributed by atoms with Crippen molar-refractivity contribution in [1.29, 1.82) is 0 Å². The van der Waals surface area contributed by atoms with Gasteiger partial charge < -0.3 is 10.6 Å². The first-order valence-corrected chi connectivity index (χ1v) is 8.00. The van der Waals surface area contributed by atoms with Crippen LogP contribution in [0.15, 0.2) is 67.1 Å². The van der Waals surface area contributed by atoms with E-state index >= 15 is 0 Å². The Morgan fingerprint density at radius 3 is 2.48 bits per heavy atom. The SMILES string of the molecule is O=C(Nc1ccccc1C(F)(F)F)c1ccnc(NCc2ccncc2)c1. The van der Waals surface area contributed by atoms with Crippen molar-refractivity contribution in [3.8, 4) is 0 Å². The van der Waals surface area contributed by atoms with Crippen LogP contribution in [-0.2, 0) is 12.7 Å². The quantitative estimate of drug-likeness (QED) is 0.698. The summed E-state index contributed by atoms with van der Waals surface area (Å²) < 4.78 is 39.2. The maximum atomic E-state index is 13.1. The summed E-state index contributed by atoms with van der Waals surface area (Å²) >= 11 is 0. The molecule has 138 valence electrons. The molecule has 3 aromatic rings. The number of hydrogen-bond acceptors (Lipinski definition) is 4. The fourth-order valence-electron chi connectivity index (χ4n) is 2.40. The van der Waals surface area contributed by atoms with Crippen molar-refractivity contribution in [2.45, 2.75) is 12.7 Å². The van der Waals surface area contributed by atoms with Gasteiger partial charge >= 0.3 is 6.18 Å². The number of halogens is 3. The van der Waals surface area contributed by atoms with Gasteiger partial charge in [-0.05, 0) is 42.0 Å². The Labute approximate surface area is 153 Å². The Kier molecular flexibility index (Phi) is 5.35. The molecule has 0 unspecified atom stereocenters. The molecule has 5 nitrogen and oxygen atoms in total. The minimum Gasteiger partial charge on any atom is -0.366 e. The second-order valence-corrected chi connectivity index (χ2v) is 5.64. The van der Waals surface area contributed by atoms with Crippen LogP contribution in [0.4, 0.5) is 24.7 Å². The molecular formula is C19H15F3N4O. The molecule has 0 fully saturated rings. The number of benzene rings is 1. The van der Waals surface area contributed by atoms with Crippen molar-refractivity contribution in [1.82, 2.24) is 9.97 Å². The number of amides is 1. The zero-order chi connectivity index (χ0) is 19.3. The average Bonchev–Trinajstić information content (AvgIpc) is 2.67. The number of pyridine rings is 2. The van der Waals surface area contributed by atoms with Crippen molar-refractivity contribution in [2.24, 2.45) is 0 Å². The largest absolute Gasteiger partial charge is 0.418 e. The van der Waals surface area contributed by atoms with Crippen LogP contribution in [0.1, 0.15) is 21.5 Å². The van der Waals surface area contributed by atoms with E-state index in [1.807, 2.05) is 12.1 Å². The Bertz CT molecular complexity index is 929. The number of alkyl halides is 3. The maximum Gasteiger partial charge on any atom is 0.418 e. The second kappa shape index (κ2) is 7.86. The minimum atomic E-state index is -4.56. The third-order valence-electron chi connectivity index (χ3n) is 3.73. The normalized spacial score (nSPS) is 11.1. The maximum absolute atomic E-state index is 13.1. The van der Waals surface area contributed by atoms with Gasteiger partial charge in [-0.25, -0.2) is 4.98 Å². The van der Waals surface area contributed by atoms with Gasteiger partial charge in [0.2, 0.25) is 0 Å². The molecule has 27 heavy (non-hydrogen) atoms. The molecule has 0 bridgehead atoms. The lowest BCUT2D eigenvalue weighted by Gasteiger charge is -2.14. The molecule has 0 aliphatic rings. The van der Waals surface area contributed by atoms with Gasteiger partial charge in [-0.3, -0.25) is 9.78 Å². The Morgan fingerprint density at radius 1 is 1.00 bits per heavy atom. The summed E-state index contributed by atoms with van der Waals surface area (Å²) in [5, 5.41) is 5.37. The van der Waals surface area contributed by atoms with Gasteiger partial charge in [-0.2, -0.15) is 13.2 Å². The average molecular weight is 372 g/mol. The van der Waals surface area contributed by atoms with E-state index in [2.05, 4.69) is 20.6 Å². The second-order valence-electron chi connectivity index (χ2n) is 5.64. The predicted molar refractivity (Wildman–Crippen MR) is 95.2 cm³/mol. The molecule has 0 saturated heterocycles. The zero-order valence-electron chi connectivity index (χ0n) is 14.0. The van der Waals surface area contributed by atoms with Gasteiger partial charge in [0, 0.05) is 30.7 Å². The number of hydrogen-bond donors (Lipinski definition) is 2. The first-order chi connectivity index (χ1) is 12.9. The van der Waals surface area contributed by atoms with Crippen LogP contribution >= 0.6 is 0 Å². The highest BCUT2D eigenvalue weighted by molar-refractivity contribution is 6.05. The predicted octanol–water partition coefficient (Wildman–Crippen LogP) is 4.36. The Balaban J connectivity index is 1.73. The molecule has 0 aliphatic carbocycles. The highest BCUT2D eigenvalue weighted by Crippen LogP contribution is 2.34. The van der Waals surface area contributed by atoms with E-state index in [0.717, 1.165) is 11.6 Å². The van der Waals surface area contributed by atoms with Crippen molar-refractivity contribution in [2.75, 3.05) is 10.6 Å². The fourth-order valence-corrected chi connectivity index (χ4v) is 2.40. The molecule has 0 spiro atoms. The first kappa shape index (κ1) is 18.4. The third kappa shape index (κ3) is 4.81. The van der Waals surface area contributed by atoms with Gasteiger partial charge in [0.15, 0.2) is 0 Å². The van der Waals surface area contributed by atoms with Crippen LogP contribution in [-0.4, -0.2) is 15.9 Å². The standard InChI is InChI=1S/C19H15F3N4O/c20-19(21,22)15-3-1-2-4-16(15)26-18(27)14-7-10-24-17(11-14)25-12-13-5-8-23-9-6-13/h1-11H,12H2,(H,24,25)(H,26,27). The minimum absolute atomic E-state index is 0.194. The van der Waals surface area contributed by atoms with Gasteiger partial charge in [0.05, 0.1) is 11.3 Å². The number of anilines is 2. The van der Waals surface area contributed by atoms with Crippen molar-refractivity contribution < 1.29 is 18.0 Å². The van der Waals surface area contributed by atoms with Crippen LogP contribution in [0.2, 0.25) is 0 Å². The van der Waals surface area contributed by atoms with Crippen molar-refractivity contribution in [3.05, 3.63) is 83.8 Å². The molecule has 8 heteroatoms. The summed E-state index contributed by atoms with van der Waals surface area (Å²) in [6.45, 7) is 0.470.